The molecule has 1 N–H and O–H groups in total. The Hall–Kier alpha value is 0.400. The van der Waals surface area contributed by atoms with Crippen LogP contribution in [0.4, 0.5) is 0 Å². The SMILES string of the molecule is C1=C(CCNC2CSCCSC2)CCCC1. The molecule has 0 amide bonds. The first kappa shape index (κ1) is 12.8. The van der Waals surface area contributed by atoms with Crippen LogP contribution in [0.2, 0.25) is 0 Å². The summed E-state index contributed by atoms with van der Waals surface area (Å²) in [6.07, 6.45) is 9.27. The van der Waals surface area contributed by atoms with Crippen LogP contribution in [0.1, 0.15) is 32.1 Å². The van der Waals surface area contributed by atoms with Crippen LogP contribution in [0.3, 0.4) is 0 Å². The maximum atomic E-state index is 3.73. The van der Waals surface area contributed by atoms with Crippen molar-refractivity contribution in [3.05, 3.63) is 11.6 Å². The third kappa shape index (κ3) is 4.72. The highest BCUT2D eigenvalue weighted by Gasteiger charge is 2.12. The van der Waals surface area contributed by atoms with E-state index < -0.39 is 0 Å². The molecule has 2 aliphatic rings. The van der Waals surface area contributed by atoms with Crippen molar-refractivity contribution in [2.45, 2.75) is 38.1 Å². The molecule has 0 radical (unpaired) electrons. The molecule has 1 fully saturated rings. The molecule has 0 aromatic rings. The normalized spacial score (nSPS) is 23.9. The topological polar surface area (TPSA) is 12.0 Å². The predicted octanol–water partition coefficient (Wildman–Crippen LogP) is 3.32. The van der Waals surface area contributed by atoms with Gasteiger partial charge in [-0.05, 0) is 38.6 Å². The first-order valence-corrected chi connectivity index (χ1v) is 8.83. The van der Waals surface area contributed by atoms with Crippen molar-refractivity contribution in [1.82, 2.24) is 5.32 Å². The third-order valence-electron chi connectivity index (χ3n) is 3.27. The molecule has 16 heavy (non-hydrogen) atoms. The van der Waals surface area contributed by atoms with E-state index in [1.807, 2.05) is 0 Å². The second-order valence-electron chi connectivity index (χ2n) is 4.66. The number of hydrogen-bond acceptors (Lipinski definition) is 3. The van der Waals surface area contributed by atoms with Crippen molar-refractivity contribution in [3.8, 4) is 0 Å². The van der Waals surface area contributed by atoms with Crippen molar-refractivity contribution < 1.29 is 0 Å². The van der Waals surface area contributed by atoms with Gasteiger partial charge in [0.05, 0.1) is 0 Å². The standard InChI is InChI=1S/C13H23NS2/c1-2-4-12(5-3-1)6-7-14-13-10-15-8-9-16-11-13/h4,13-14H,1-3,5-11H2. The molecule has 1 heterocycles. The molecule has 0 unspecified atom stereocenters. The van der Waals surface area contributed by atoms with Crippen LogP contribution in [0.5, 0.6) is 0 Å². The van der Waals surface area contributed by atoms with Gasteiger partial charge in [-0.1, -0.05) is 11.6 Å². The zero-order chi connectivity index (χ0) is 11.1. The van der Waals surface area contributed by atoms with Crippen molar-refractivity contribution in [2.75, 3.05) is 29.6 Å². The van der Waals surface area contributed by atoms with Crippen LogP contribution in [-0.4, -0.2) is 35.6 Å². The van der Waals surface area contributed by atoms with E-state index in [0.717, 1.165) is 6.04 Å². The lowest BCUT2D eigenvalue weighted by Crippen LogP contribution is -2.34. The Bertz CT molecular complexity index is 220. The summed E-state index contributed by atoms with van der Waals surface area (Å²) in [5.74, 6) is 5.31. The Morgan fingerprint density at radius 2 is 2.00 bits per heavy atom. The van der Waals surface area contributed by atoms with Crippen LogP contribution >= 0.6 is 23.5 Å². The highest BCUT2D eigenvalue weighted by molar-refractivity contribution is 8.03. The molecule has 3 heteroatoms. The quantitative estimate of drug-likeness (QED) is 0.776. The van der Waals surface area contributed by atoms with Gasteiger partial charge in [0, 0.05) is 29.1 Å². The molecule has 0 aromatic heterocycles. The van der Waals surface area contributed by atoms with Crippen molar-refractivity contribution >= 4 is 23.5 Å². The van der Waals surface area contributed by atoms with Gasteiger partial charge in [-0.2, -0.15) is 23.5 Å². The smallest absolute Gasteiger partial charge is 0.0248 e. The van der Waals surface area contributed by atoms with Gasteiger partial charge in [0.15, 0.2) is 0 Å². The first-order valence-electron chi connectivity index (χ1n) is 6.52. The minimum absolute atomic E-state index is 0.752. The fraction of sp³-hybridized carbons (Fsp3) is 0.846. The minimum atomic E-state index is 0.752. The van der Waals surface area contributed by atoms with Gasteiger partial charge in [0.2, 0.25) is 0 Å². The second-order valence-corrected chi connectivity index (χ2v) is 6.96. The van der Waals surface area contributed by atoms with Crippen LogP contribution in [0, 0.1) is 0 Å². The molecule has 0 atom stereocenters. The summed E-state index contributed by atoms with van der Waals surface area (Å²) in [6.45, 7) is 1.19. The van der Waals surface area contributed by atoms with E-state index in [0.29, 0.717) is 0 Å². The zero-order valence-corrected chi connectivity index (χ0v) is 11.7. The van der Waals surface area contributed by atoms with E-state index in [2.05, 4.69) is 34.9 Å². The van der Waals surface area contributed by atoms with E-state index >= 15 is 0 Å². The summed E-state index contributed by atoms with van der Waals surface area (Å²) in [7, 11) is 0. The molecule has 2 rings (SSSR count). The molecule has 0 saturated carbocycles. The van der Waals surface area contributed by atoms with Gasteiger partial charge >= 0.3 is 0 Å². The summed E-state index contributed by atoms with van der Waals surface area (Å²) in [5.41, 5.74) is 1.70. The lowest BCUT2D eigenvalue weighted by Gasteiger charge is -2.17. The van der Waals surface area contributed by atoms with Crippen molar-refractivity contribution in [2.24, 2.45) is 0 Å². The molecule has 1 aliphatic heterocycles. The second kappa shape index (κ2) is 7.67. The fourth-order valence-corrected chi connectivity index (χ4v) is 4.77. The average Bonchev–Trinajstić information content (AvgIpc) is 2.59. The Labute approximate surface area is 108 Å². The maximum Gasteiger partial charge on any atom is 0.0248 e. The number of allylic oxidation sites excluding steroid dienone is 1. The van der Waals surface area contributed by atoms with Crippen molar-refractivity contribution in [3.63, 3.8) is 0 Å². The number of hydrogen-bond donors (Lipinski definition) is 1. The van der Waals surface area contributed by atoms with E-state index in [9.17, 15) is 0 Å². The van der Waals surface area contributed by atoms with E-state index in [1.54, 1.807) is 5.57 Å². The summed E-state index contributed by atoms with van der Waals surface area (Å²) in [5, 5.41) is 3.73. The van der Waals surface area contributed by atoms with Crippen LogP contribution in [0.15, 0.2) is 11.6 Å². The fourth-order valence-electron chi connectivity index (χ4n) is 2.30. The third-order valence-corrected chi connectivity index (χ3v) is 5.79. The predicted molar refractivity (Wildman–Crippen MR) is 77.6 cm³/mol. The lowest BCUT2D eigenvalue weighted by molar-refractivity contribution is 0.585. The molecule has 0 bridgehead atoms. The Balaban J connectivity index is 1.61. The molecule has 1 aliphatic carbocycles. The van der Waals surface area contributed by atoms with Crippen LogP contribution < -0.4 is 5.32 Å². The molecule has 92 valence electrons. The summed E-state index contributed by atoms with van der Waals surface area (Å²) >= 11 is 4.22. The number of nitrogens with one attached hydrogen (secondary N) is 1. The van der Waals surface area contributed by atoms with Gasteiger partial charge < -0.3 is 5.32 Å². The monoisotopic (exact) mass is 257 g/mol. The Morgan fingerprint density at radius 3 is 2.69 bits per heavy atom. The van der Waals surface area contributed by atoms with E-state index in [1.165, 1.54) is 61.7 Å². The van der Waals surface area contributed by atoms with E-state index in [-0.39, 0.29) is 0 Å². The summed E-state index contributed by atoms with van der Waals surface area (Å²) in [6, 6.07) is 0.752. The number of rotatable bonds is 4. The first-order chi connectivity index (χ1) is 7.95. The van der Waals surface area contributed by atoms with Gasteiger partial charge in [0.1, 0.15) is 0 Å². The average molecular weight is 257 g/mol. The van der Waals surface area contributed by atoms with Crippen LogP contribution in [0.25, 0.3) is 0 Å². The van der Waals surface area contributed by atoms with Gasteiger partial charge in [-0.25, -0.2) is 0 Å². The lowest BCUT2D eigenvalue weighted by atomic mass is 9.97. The Kier molecular flexibility index (Phi) is 6.16. The summed E-state index contributed by atoms with van der Waals surface area (Å²) < 4.78 is 0. The number of thioether (sulfide) groups is 2. The molecular weight excluding hydrogens is 234 g/mol. The maximum absolute atomic E-state index is 3.73. The van der Waals surface area contributed by atoms with Crippen molar-refractivity contribution in [1.29, 1.82) is 0 Å². The highest BCUT2D eigenvalue weighted by atomic mass is 32.2. The molecular formula is C13H23NS2. The van der Waals surface area contributed by atoms with E-state index in [4.69, 9.17) is 0 Å². The highest BCUT2D eigenvalue weighted by Crippen LogP contribution is 2.20. The molecule has 1 nitrogen and oxygen atoms in total. The zero-order valence-electron chi connectivity index (χ0n) is 10.0. The van der Waals surface area contributed by atoms with Gasteiger partial charge in [0.25, 0.3) is 0 Å². The van der Waals surface area contributed by atoms with Crippen LogP contribution in [-0.2, 0) is 0 Å². The van der Waals surface area contributed by atoms with Gasteiger partial charge in [-0.15, -0.1) is 0 Å². The molecule has 1 saturated heterocycles. The molecule has 0 aromatic carbocycles. The molecule has 0 spiro atoms. The minimum Gasteiger partial charge on any atom is -0.312 e. The van der Waals surface area contributed by atoms with Gasteiger partial charge in [-0.3, -0.25) is 0 Å². The summed E-state index contributed by atoms with van der Waals surface area (Å²) in [4.78, 5) is 0. The Morgan fingerprint density at radius 1 is 1.19 bits per heavy atom. The largest absolute Gasteiger partial charge is 0.312 e.